The number of carbonyl (C=O) groups excluding carboxylic acids is 1. The van der Waals surface area contributed by atoms with E-state index >= 15 is 0 Å². The molecular formula is C21H27N3O3S. The van der Waals surface area contributed by atoms with Crippen LogP contribution >= 0.6 is 0 Å². The van der Waals surface area contributed by atoms with Crippen molar-refractivity contribution in [2.45, 2.75) is 45.7 Å². The quantitative estimate of drug-likeness (QED) is 0.799. The van der Waals surface area contributed by atoms with Crippen molar-refractivity contribution in [1.82, 2.24) is 4.90 Å². The van der Waals surface area contributed by atoms with Crippen LogP contribution in [0.2, 0.25) is 0 Å². The summed E-state index contributed by atoms with van der Waals surface area (Å²) in [5.74, 6) is -0.133. The van der Waals surface area contributed by atoms with Crippen molar-refractivity contribution in [3.05, 3.63) is 53.6 Å². The summed E-state index contributed by atoms with van der Waals surface area (Å²) in [6.45, 7) is 10.1. The van der Waals surface area contributed by atoms with E-state index in [1.54, 1.807) is 36.4 Å². The van der Waals surface area contributed by atoms with E-state index in [4.69, 9.17) is 0 Å². The maximum atomic E-state index is 12.8. The van der Waals surface area contributed by atoms with Gasteiger partial charge in [0.15, 0.2) is 0 Å². The summed E-state index contributed by atoms with van der Waals surface area (Å²) in [6.07, 6.45) is 0. The molecule has 1 aliphatic heterocycles. The van der Waals surface area contributed by atoms with E-state index in [0.717, 1.165) is 25.2 Å². The Morgan fingerprint density at radius 1 is 1.04 bits per heavy atom. The number of nitrogens with zero attached hydrogens (tertiary/aromatic N) is 1. The molecule has 2 aromatic rings. The molecule has 3 rings (SSSR count). The first-order valence-corrected chi connectivity index (χ1v) is 10.9. The molecule has 0 unspecified atom stereocenters. The molecule has 2 N–H and O–H groups in total. The highest BCUT2D eigenvalue weighted by Gasteiger charge is 2.23. The second-order valence-electron chi connectivity index (χ2n) is 8.12. The van der Waals surface area contributed by atoms with Crippen molar-refractivity contribution in [1.29, 1.82) is 0 Å². The number of sulfonamides is 1. The molecule has 1 aliphatic rings. The summed E-state index contributed by atoms with van der Waals surface area (Å²) >= 11 is 0. The lowest BCUT2D eigenvalue weighted by Crippen LogP contribution is -2.27. The molecule has 150 valence electrons. The first kappa shape index (κ1) is 20.4. The number of amides is 1. The Hall–Kier alpha value is -2.38. The summed E-state index contributed by atoms with van der Waals surface area (Å²) in [7, 11) is -3.71. The fourth-order valence-electron chi connectivity index (χ4n) is 3.03. The minimum Gasteiger partial charge on any atom is -0.326 e. The van der Waals surface area contributed by atoms with Crippen LogP contribution in [0.5, 0.6) is 0 Å². The van der Waals surface area contributed by atoms with Crippen LogP contribution in [0.15, 0.2) is 47.4 Å². The number of nitrogens with one attached hydrogen (secondary N) is 2. The van der Waals surface area contributed by atoms with Gasteiger partial charge < -0.3 is 5.32 Å². The fourth-order valence-corrected chi connectivity index (χ4v) is 4.13. The van der Waals surface area contributed by atoms with Crippen molar-refractivity contribution in [2.24, 2.45) is 5.41 Å². The van der Waals surface area contributed by atoms with E-state index in [9.17, 15) is 13.2 Å². The molecule has 0 fully saturated rings. The van der Waals surface area contributed by atoms with Crippen LogP contribution in [0, 0.1) is 5.41 Å². The second kappa shape index (κ2) is 7.56. The van der Waals surface area contributed by atoms with Crippen LogP contribution in [0.25, 0.3) is 0 Å². The third-order valence-electron chi connectivity index (χ3n) is 4.78. The van der Waals surface area contributed by atoms with Crippen molar-refractivity contribution < 1.29 is 13.2 Å². The molecule has 0 saturated heterocycles. The molecule has 7 heteroatoms. The van der Waals surface area contributed by atoms with Gasteiger partial charge in [0.2, 0.25) is 5.91 Å². The largest absolute Gasteiger partial charge is 0.326 e. The van der Waals surface area contributed by atoms with Crippen LogP contribution in [0.3, 0.4) is 0 Å². The van der Waals surface area contributed by atoms with Crippen LogP contribution in [-0.2, 0) is 27.9 Å². The maximum absolute atomic E-state index is 12.8. The Balaban J connectivity index is 1.78. The van der Waals surface area contributed by atoms with Gasteiger partial charge in [0.25, 0.3) is 10.0 Å². The number of fused-ring (bicyclic) bond motifs is 1. The zero-order valence-corrected chi connectivity index (χ0v) is 17.6. The molecule has 6 nitrogen and oxygen atoms in total. The zero-order valence-electron chi connectivity index (χ0n) is 16.7. The molecule has 0 radical (unpaired) electrons. The number of hydrogen-bond donors (Lipinski definition) is 2. The second-order valence-corrected chi connectivity index (χ2v) is 9.81. The smallest absolute Gasteiger partial charge is 0.261 e. The Morgan fingerprint density at radius 2 is 1.71 bits per heavy atom. The summed E-state index contributed by atoms with van der Waals surface area (Å²) in [5.41, 5.74) is 2.64. The molecule has 1 heterocycles. The lowest BCUT2D eigenvalue weighted by atomic mass is 9.95. The van der Waals surface area contributed by atoms with Crippen molar-refractivity contribution in [3.63, 3.8) is 0 Å². The van der Waals surface area contributed by atoms with Gasteiger partial charge in [-0.15, -0.1) is 0 Å². The average Bonchev–Trinajstić information content (AvgIpc) is 3.03. The van der Waals surface area contributed by atoms with Crippen LogP contribution in [0.4, 0.5) is 11.4 Å². The normalized spacial score (nSPS) is 14.6. The Labute approximate surface area is 167 Å². The molecule has 2 aromatic carbocycles. The van der Waals surface area contributed by atoms with Crippen LogP contribution < -0.4 is 10.0 Å². The molecular weight excluding hydrogens is 374 g/mol. The molecule has 28 heavy (non-hydrogen) atoms. The van der Waals surface area contributed by atoms with Gasteiger partial charge in [-0.05, 0) is 48.0 Å². The lowest BCUT2D eigenvalue weighted by molar-refractivity contribution is -0.123. The topological polar surface area (TPSA) is 78.5 Å². The Bertz CT molecular complexity index is 994. The van der Waals surface area contributed by atoms with Crippen molar-refractivity contribution in [3.8, 4) is 0 Å². The van der Waals surface area contributed by atoms with Crippen molar-refractivity contribution >= 4 is 27.3 Å². The zero-order chi connectivity index (χ0) is 20.5. The summed E-state index contributed by atoms with van der Waals surface area (Å²) in [6, 6.07) is 12.0. The molecule has 0 saturated carbocycles. The number of anilines is 2. The summed E-state index contributed by atoms with van der Waals surface area (Å²) in [4.78, 5) is 14.7. The van der Waals surface area contributed by atoms with Crippen molar-refractivity contribution in [2.75, 3.05) is 16.6 Å². The van der Waals surface area contributed by atoms with E-state index in [1.165, 1.54) is 5.56 Å². The molecule has 0 aliphatic carbocycles. The van der Waals surface area contributed by atoms with E-state index in [0.29, 0.717) is 11.4 Å². The number of benzene rings is 2. The van der Waals surface area contributed by atoms with Gasteiger partial charge in [-0.1, -0.05) is 39.8 Å². The van der Waals surface area contributed by atoms with E-state index in [2.05, 4.69) is 21.9 Å². The van der Waals surface area contributed by atoms with Gasteiger partial charge in [0.05, 0.1) is 10.6 Å². The molecule has 0 bridgehead atoms. The third-order valence-corrected chi connectivity index (χ3v) is 6.16. The summed E-state index contributed by atoms with van der Waals surface area (Å²) in [5, 5.41) is 2.81. The number of hydrogen-bond acceptors (Lipinski definition) is 4. The van der Waals surface area contributed by atoms with Gasteiger partial charge >= 0.3 is 0 Å². The molecule has 0 aromatic heterocycles. The fraction of sp³-hybridized carbons (Fsp3) is 0.381. The SMILES string of the molecule is CCN1Cc2ccc(S(=O)(=O)Nc3cccc(NC(=O)C(C)(C)C)c3)cc2C1. The van der Waals surface area contributed by atoms with Gasteiger partial charge in [0, 0.05) is 24.2 Å². The lowest BCUT2D eigenvalue weighted by Gasteiger charge is -2.18. The molecule has 1 amide bonds. The predicted octanol–water partition coefficient (Wildman–Crippen LogP) is 3.81. The predicted molar refractivity (Wildman–Crippen MR) is 112 cm³/mol. The number of carbonyl (C=O) groups is 1. The van der Waals surface area contributed by atoms with Gasteiger partial charge in [0.1, 0.15) is 0 Å². The molecule has 0 atom stereocenters. The molecule has 0 spiro atoms. The monoisotopic (exact) mass is 401 g/mol. The van der Waals surface area contributed by atoms with Crippen LogP contribution in [0.1, 0.15) is 38.8 Å². The van der Waals surface area contributed by atoms with E-state index in [-0.39, 0.29) is 10.8 Å². The summed E-state index contributed by atoms with van der Waals surface area (Å²) < 4.78 is 28.3. The maximum Gasteiger partial charge on any atom is 0.261 e. The Kier molecular flexibility index (Phi) is 5.50. The Morgan fingerprint density at radius 3 is 2.39 bits per heavy atom. The van der Waals surface area contributed by atoms with Crippen LogP contribution in [-0.4, -0.2) is 25.8 Å². The first-order chi connectivity index (χ1) is 13.1. The van der Waals surface area contributed by atoms with Gasteiger partial charge in [-0.2, -0.15) is 0 Å². The third kappa shape index (κ3) is 4.54. The van der Waals surface area contributed by atoms with Gasteiger partial charge in [-0.25, -0.2) is 8.42 Å². The highest BCUT2D eigenvalue weighted by atomic mass is 32.2. The standard InChI is InChI=1S/C21H27N3O3S/c1-5-24-13-15-9-10-19(11-16(15)14-24)28(26,27)23-18-8-6-7-17(12-18)22-20(25)21(2,3)4/h6-12,23H,5,13-14H2,1-4H3,(H,22,25). The minimum atomic E-state index is -3.71. The minimum absolute atomic E-state index is 0.133. The first-order valence-electron chi connectivity index (χ1n) is 9.37. The number of rotatable bonds is 5. The average molecular weight is 402 g/mol. The highest BCUT2D eigenvalue weighted by molar-refractivity contribution is 7.92. The highest BCUT2D eigenvalue weighted by Crippen LogP contribution is 2.27. The van der Waals surface area contributed by atoms with Gasteiger partial charge in [-0.3, -0.25) is 14.4 Å². The van der Waals surface area contributed by atoms with E-state index < -0.39 is 15.4 Å². The van der Waals surface area contributed by atoms with E-state index in [1.807, 2.05) is 26.8 Å².